The maximum absolute atomic E-state index is 12.4. The Morgan fingerprint density at radius 1 is 0.862 bits per heavy atom. The van der Waals surface area contributed by atoms with Gasteiger partial charge in [-0.05, 0) is 61.7 Å². The Labute approximate surface area is 171 Å². The standard InChI is InChI=1S/C23H24N2O3S/c1-18(12-13-19-8-4-2-5-9-19)24-23(26)20-14-16-21(17-15-20)25-29(27,28)22-10-6-3-7-11-22/h2-11,14-18,25H,12-13H2,1H3,(H,24,26). The quantitative estimate of drug-likeness (QED) is 0.585. The molecule has 29 heavy (non-hydrogen) atoms. The summed E-state index contributed by atoms with van der Waals surface area (Å²) in [6, 6.07) is 24.7. The Balaban J connectivity index is 1.56. The Hall–Kier alpha value is -3.12. The van der Waals surface area contributed by atoms with Crippen molar-refractivity contribution in [3.05, 3.63) is 96.1 Å². The largest absolute Gasteiger partial charge is 0.350 e. The first-order chi connectivity index (χ1) is 13.9. The van der Waals surface area contributed by atoms with Crippen molar-refractivity contribution in [2.75, 3.05) is 4.72 Å². The second-order valence-corrected chi connectivity index (χ2v) is 8.58. The summed E-state index contributed by atoms with van der Waals surface area (Å²) >= 11 is 0. The summed E-state index contributed by atoms with van der Waals surface area (Å²) in [6.45, 7) is 1.98. The third kappa shape index (κ3) is 5.93. The second-order valence-electron chi connectivity index (χ2n) is 6.89. The van der Waals surface area contributed by atoms with E-state index in [-0.39, 0.29) is 16.8 Å². The van der Waals surface area contributed by atoms with Crippen LogP contribution in [0.25, 0.3) is 0 Å². The van der Waals surface area contributed by atoms with E-state index in [0.717, 1.165) is 12.8 Å². The number of sulfonamides is 1. The van der Waals surface area contributed by atoms with E-state index in [4.69, 9.17) is 0 Å². The number of hydrogen-bond donors (Lipinski definition) is 2. The van der Waals surface area contributed by atoms with E-state index in [2.05, 4.69) is 22.2 Å². The molecule has 0 saturated heterocycles. The molecule has 5 nitrogen and oxygen atoms in total. The number of anilines is 1. The first-order valence-electron chi connectivity index (χ1n) is 9.47. The average molecular weight is 409 g/mol. The zero-order chi connectivity index (χ0) is 20.7. The zero-order valence-corrected chi connectivity index (χ0v) is 17.0. The number of benzene rings is 3. The topological polar surface area (TPSA) is 75.3 Å². The maximum Gasteiger partial charge on any atom is 0.261 e. The van der Waals surface area contributed by atoms with Gasteiger partial charge in [0.1, 0.15) is 0 Å². The summed E-state index contributed by atoms with van der Waals surface area (Å²) in [7, 11) is -3.65. The van der Waals surface area contributed by atoms with Crippen molar-refractivity contribution >= 4 is 21.6 Å². The summed E-state index contributed by atoms with van der Waals surface area (Å²) in [6.07, 6.45) is 1.73. The van der Waals surface area contributed by atoms with Crippen LogP contribution in [0.15, 0.2) is 89.8 Å². The molecule has 2 N–H and O–H groups in total. The highest BCUT2D eigenvalue weighted by Gasteiger charge is 2.14. The molecule has 3 aromatic rings. The number of aryl methyl sites for hydroxylation is 1. The molecule has 0 aromatic heterocycles. The van der Waals surface area contributed by atoms with Crippen LogP contribution in [0.2, 0.25) is 0 Å². The average Bonchev–Trinajstić information content (AvgIpc) is 2.74. The van der Waals surface area contributed by atoms with Gasteiger partial charge >= 0.3 is 0 Å². The number of nitrogens with one attached hydrogen (secondary N) is 2. The summed E-state index contributed by atoms with van der Waals surface area (Å²) in [4.78, 5) is 12.6. The summed E-state index contributed by atoms with van der Waals surface area (Å²) < 4.78 is 27.2. The van der Waals surface area contributed by atoms with E-state index in [0.29, 0.717) is 11.3 Å². The van der Waals surface area contributed by atoms with E-state index in [9.17, 15) is 13.2 Å². The smallest absolute Gasteiger partial charge is 0.261 e. The van der Waals surface area contributed by atoms with Crippen LogP contribution in [0.4, 0.5) is 5.69 Å². The lowest BCUT2D eigenvalue weighted by atomic mass is 10.1. The van der Waals surface area contributed by atoms with Crippen LogP contribution < -0.4 is 10.0 Å². The Kier molecular flexibility index (Phi) is 6.67. The van der Waals surface area contributed by atoms with Crippen molar-refractivity contribution < 1.29 is 13.2 Å². The van der Waals surface area contributed by atoms with Gasteiger partial charge < -0.3 is 5.32 Å². The van der Waals surface area contributed by atoms with Crippen molar-refractivity contribution in [3.8, 4) is 0 Å². The van der Waals surface area contributed by atoms with Crippen molar-refractivity contribution in [2.45, 2.75) is 30.7 Å². The molecule has 3 rings (SSSR count). The van der Waals surface area contributed by atoms with Crippen LogP contribution >= 0.6 is 0 Å². The van der Waals surface area contributed by atoms with Crippen molar-refractivity contribution in [2.24, 2.45) is 0 Å². The molecule has 0 aliphatic heterocycles. The summed E-state index contributed by atoms with van der Waals surface area (Å²) in [5, 5.41) is 2.98. The van der Waals surface area contributed by atoms with Crippen LogP contribution in [0.1, 0.15) is 29.3 Å². The number of hydrogen-bond acceptors (Lipinski definition) is 3. The molecule has 1 amide bonds. The van der Waals surface area contributed by atoms with Gasteiger partial charge in [-0.2, -0.15) is 0 Å². The SMILES string of the molecule is CC(CCc1ccccc1)NC(=O)c1ccc(NS(=O)(=O)c2ccccc2)cc1. The Morgan fingerprint density at radius 3 is 2.07 bits per heavy atom. The molecule has 3 aromatic carbocycles. The number of carbonyl (C=O) groups excluding carboxylic acids is 1. The van der Waals surface area contributed by atoms with Gasteiger partial charge in [0.15, 0.2) is 0 Å². The molecular weight excluding hydrogens is 384 g/mol. The molecule has 150 valence electrons. The lowest BCUT2D eigenvalue weighted by molar-refractivity contribution is 0.0938. The minimum Gasteiger partial charge on any atom is -0.350 e. The van der Waals surface area contributed by atoms with E-state index < -0.39 is 10.0 Å². The van der Waals surface area contributed by atoms with Gasteiger partial charge in [-0.25, -0.2) is 8.42 Å². The van der Waals surface area contributed by atoms with Crippen LogP contribution in [0, 0.1) is 0 Å². The van der Waals surface area contributed by atoms with E-state index >= 15 is 0 Å². The van der Waals surface area contributed by atoms with Gasteiger partial charge in [0.25, 0.3) is 15.9 Å². The summed E-state index contributed by atoms with van der Waals surface area (Å²) in [5.74, 6) is -0.178. The molecule has 6 heteroatoms. The van der Waals surface area contributed by atoms with Gasteiger partial charge in [0, 0.05) is 17.3 Å². The zero-order valence-electron chi connectivity index (χ0n) is 16.2. The third-order valence-electron chi connectivity index (χ3n) is 4.54. The van der Waals surface area contributed by atoms with Crippen molar-refractivity contribution in [3.63, 3.8) is 0 Å². The lowest BCUT2D eigenvalue weighted by Gasteiger charge is -2.14. The predicted octanol–water partition coefficient (Wildman–Crippen LogP) is 4.24. The van der Waals surface area contributed by atoms with Crippen LogP contribution in [-0.2, 0) is 16.4 Å². The van der Waals surface area contributed by atoms with Gasteiger partial charge in [-0.3, -0.25) is 9.52 Å². The normalized spacial score (nSPS) is 12.2. The lowest BCUT2D eigenvalue weighted by Crippen LogP contribution is -2.32. The van der Waals surface area contributed by atoms with Gasteiger partial charge in [0.05, 0.1) is 4.90 Å². The molecule has 1 unspecified atom stereocenters. The Morgan fingerprint density at radius 2 is 1.45 bits per heavy atom. The maximum atomic E-state index is 12.4. The third-order valence-corrected chi connectivity index (χ3v) is 5.94. The monoisotopic (exact) mass is 408 g/mol. The summed E-state index contributed by atoms with van der Waals surface area (Å²) in [5.41, 5.74) is 2.13. The van der Waals surface area contributed by atoms with E-state index in [1.807, 2.05) is 25.1 Å². The van der Waals surface area contributed by atoms with Crippen LogP contribution in [0.5, 0.6) is 0 Å². The molecule has 0 radical (unpaired) electrons. The highest BCUT2D eigenvalue weighted by atomic mass is 32.2. The fraction of sp³-hybridized carbons (Fsp3) is 0.174. The highest BCUT2D eigenvalue weighted by Crippen LogP contribution is 2.16. The molecule has 0 bridgehead atoms. The minimum atomic E-state index is -3.65. The molecule has 0 heterocycles. The molecule has 0 aliphatic rings. The molecular formula is C23H24N2O3S. The van der Waals surface area contributed by atoms with E-state index in [1.165, 1.54) is 17.7 Å². The minimum absolute atomic E-state index is 0.0268. The first-order valence-corrected chi connectivity index (χ1v) is 10.9. The van der Waals surface area contributed by atoms with Crippen LogP contribution in [-0.4, -0.2) is 20.4 Å². The molecule has 0 fully saturated rings. The number of amides is 1. The van der Waals surface area contributed by atoms with Crippen molar-refractivity contribution in [1.82, 2.24) is 5.32 Å². The van der Waals surface area contributed by atoms with Gasteiger partial charge in [-0.15, -0.1) is 0 Å². The number of carbonyl (C=O) groups is 1. The Bertz CT molecular complexity index is 1030. The first kappa shape index (κ1) is 20.6. The number of rotatable bonds is 8. The molecule has 1 atom stereocenters. The molecule has 0 aliphatic carbocycles. The molecule has 0 saturated carbocycles. The predicted molar refractivity (Wildman–Crippen MR) is 115 cm³/mol. The fourth-order valence-corrected chi connectivity index (χ4v) is 3.99. The second kappa shape index (κ2) is 9.39. The van der Waals surface area contributed by atoms with Gasteiger partial charge in [-0.1, -0.05) is 48.5 Å². The molecule has 0 spiro atoms. The van der Waals surface area contributed by atoms with Gasteiger partial charge in [0.2, 0.25) is 0 Å². The van der Waals surface area contributed by atoms with Crippen molar-refractivity contribution in [1.29, 1.82) is 0 Å². The fourth-order valence-electron chi connectivity index (χ4n) is 2.91. The van der Waals surface area contributed by atoms with E-state index in [1.54, 1.807) is 42.5 Å². The highest BCUT2D eigenvalue weighted by molar-refractivity contribution is 7.92. The van der Waals surface area contributed by atoms with Crippen LogP contribution in [0.3, 0.4) is 0 Å².